The average molecular weight is 186 g/mol. The average Bonchev–Trinajstić information content (AvgIpc) is 2.56. The summed E-state index contributed by atoms with van der Waals surface area (Å²) in [5.41, 5.74) is 1.50. The molecule has 66 valence electrons. The highest BCUT2D eigenvalue weighted by Crippen LogP contribution is 2.11. The van der Waals surface area contributed by atoms with E-state index in [4.69, 9.17) is 16.0 Å². The quantitative estimate of drug-likeness (QED) is 0.781. The van der Waals surface area contributed by atoms with Crippen molar-refractivity contribution in [1.82, 2.24) is 5.32 Å². The predicted molar refractivity (Wildman–Crippen MR) is 50.1 cm³/mol. The third-order valence-electron chi connectivity index (χ3n) is 1.60. The number of hydrogen-bond donors (Lipinski definition) is 1. The van der Waals surface area contributed by atoms with Crippen molar-refractivity contribution < 1.29 is 4.42 Å². The second-order valence-electron chi connectivity index (χ2n) is 2.51. The van der Waals surface area contributed by atoms with Gasteiger partial charge in [-0.15, -0.1) is 0 Å². The highest BCUT2D eigenvalue weighted by molar-refractivity contribution is 6.25. The van der Waals surface area contributed by atoms with Crippen LogP contribution >= 0.6 is 11.6 Å². The Morgan fingerprint density at radius 2 is 2.58 bits per heavy atom. The second kappa shape index (κ2) is 5.01. The van der Waals surface area contributed by atoms with Crippen LogP contribution in [-0.4, -0.2) is 6.54 Å². The lowest BCUT2D eigenvalue weighted by atomic mass is 10.2. The van der Waals surface area contributed by atoms with E-state index in [-0.39, 0.29) is 6.04 Å². The molecule has 1 unspecified atom stereocenters. The fourth-order valence-corrected chi connectivity index (χ4v) is 1.02. The molecule has 0 spiro atoms. The molecule has 0 radical (unpaired) electrons. The summed E-state index contributed by atoms with van der Waals surface area (Å²) in [6.07, 6.45) is 3.52. The molecule has 0 amide bonds. The second-order valence-corrected chi connectivity index (χ2v) is 2.76. The van der Waals surface area contributed by atoms with Crippen molar-refractivity contribution >= 4 is 11.6 Å². The van der Waals surface area contributed by atoms with E-state index >= 15 is 0 Å². The van der Waals surface area contributed by atoms with Gasteiger partial charge < -0.3 is 9.73 Å². The monoisotopic (exact) mass is 185 g/mol. The summed E-state index contributed by atoms with van der Waals surface area (Å²) in [4.78, 5) is 0. The van der Waals surface area contributed by atoms with Crippen molar-refractivity contribution in [3.8, 4) is 0 Å². The molecule has 1 N–H and O–H groups in total. The Kier molecular flexibility index (Phi) is 3.91. The Balaban J connectivity index is 2.34. The summed E-state index contributed by atoms with van der Waals surface area (Å²) in [5, 5.41) is 3.22. The first-order valence-electron chi connectivity index (χ1n) is 3.86. The molecule has 1 aromatic rings. The van der Waals surface area contributed by atoms with Gasteiger partial charge in [0.25, 0.3) is 0 Å². The number of hydrogen-bond acceptors (Lipinski definition) is 2. The normalized spacial score (nSPS) is 13.8. The van der Waals surface area contributed by atoms with Gasteiger partial charge >= 0.3 is 0 Å². The lowest BCUT2D eigenvalue weighted by Gasteiger charge is -2.07. The molecular formula is C9H12ClNO. The van der Waals surface area contributed by atoms with E-state index in [9.17, 15) is 0 Å². The van der Waals surface area contributed by atoms with Gasteiger partial charge in [0.15, 0.2) is 0 Å². The molecule has 0 aromatic carbocycles. The summed E-state index contributed by atoms with van der Waals surface area (Å²) in [5.74, 6) is 0.943. The first kappa shape index (κ1) is 9.36. The van der Waals surface area contributed by atoms with Gasteiger partial charge in [-0.25, -0.2) is 0 Å². The zero-order valence-electron chi connectivity index (χ0n) is 6.96. The lowest BCUT2D eigenvalue weighted by Crippen LogP contribution is -2.17. The summed E-state index contributed by atoms with van der Waals surface area (Å²) < 4.78 is 5.21. The van der Waals surface area contributed by atoms with Crippen LogP contribution in [-0.2, 0) is 0 Å². The molecule has 2 nitrogen and oxygen atoms in total. The molecule has 0 bridgehead atoms. The maximum absolute atomic E-state index is 5.37. The predicted octanol–water partition coefficient (Wildman–Crippen LogP) is 2.68. The minimum atomic E-state index is 0.230. The molecule has 1 heterocycles. The zero-order valence-corrected chi connectivity index (χ0v) is 7.71. The molecule has 1 rings (SSSR count). The van der Waals surface area contributed by atoms with Crippen LogP contribution in [0.3, 0.4) is 0 Å². The van der Waals surface area contributed by atoms with E-state index in [0.717, 1.165) is 12.3 Å². The third-order valence-corrected chi connectivity index (χ3v) is 1.78. The molecule has 0 aliphatic carbocycles. The summed E-state index contributed by atoms with van der Waals surface area (Å²) >= 11 is 5.37. The van der Waals surface area contributed by atoms with Gasteiger partial charge in [0, 0.05) is 12.1 Å². The molecule has 1 aromatic heterocycles. The smallest absolute Gasteiger partial charge is 0.120 e. The summed E-state index contributed by atoms with van der Waals surface area (Å²) in [6.45, 7) is 2.80. The molecular weight excluding hydrogens is 174 g/mol. The van der Waals surface area contributed by atoms with Crippen LogP contribution < -0.4 is 5.32 Å². The van der Waals surface area contributed by atoms with E-state index in [1.165, 1.54) is 5.54 Å². The Hall–Kier alpha value is -0.730. The maximum atomic E-state index is 5.37. The lowest BCUT2D eigenvalue weighted by molar-refractivity contribution is 0.441. The molecule has 0 aliphatic rings. The van der Waals surface area contributed by atoms with E-state index < -0.39 is 0 Å². The first-order chi connectivity index (χ1) is 5.84. The highest BCUT2D eigenvalue weighted by Gasteiger charge is 2.04. The van der Waals surface area contributed by atoms with Crippen molar-refractivity contribution in [2.75, 3.05) is 6.54 Å². The fourth-order valence-electron chi connectivity index (χ4n) is 0.928. The Bertz CT molecular complexity index is 231. The molecule has 0 aliphatic heterocycles. The minimum absolute atomic E-state index is 0.230. The van der Waals surface area contributed by atoms with Crippen molar-refractivity contribution in [2.45, 2.75) is 13.0 Å². The van der Waals surface area contributed by atoms with Gasteiger partial charge in [-0.1, -0.05) is 17.7 Å². The van der Waals surface area contributed by atoms with Gasteiger partial charge in [-0.3, -0.25) is 0 Å². The van der Waals surface area contributed by atoms with Gasteiger partial charge in [0.05, 0.1) is 12.3 Å². The summed E-state index contributed by atoms with van der Waals surface area (Å²) in [7, 11) is 0. The van der Waals surface area contributed by atoms with Crippen molar-refractivity contribution in [3.63, 3.8) is 0 Å². The van der Waals surface area contributed by atoms with Crippen LogP contribution in [0.25, 0.3) is 0 Å². The van der Waals surface area contributed by atoms with Gasteiger partial charge in [-0.05, 0) is 19.1 Å². The minimum Gasteiger partial charge on any atom is -0.468 e. The van der Waals surface area contributed by atoms with E-state index in [2.05, 4.69) is 5.32 Å². The van der Waals surface area contributed by atoms with Gasteiger partial charge in [0.2, 0.25) is 0 Å². The van der Waals surface area contributed by atoms with Crippen LogP contribution in [0.4, 0.5) is 0 Å². The Morgan fingerprint density at radius 1 is 1.75 bits per heavy atom. The van der Waals surface area contributed by atoms with Gasteiger partial charge in [-0.2, -0.15) is 0 Å². The molecule has 12 heavy (non-hydrogen) atoms. The first-order valence-corrected chi connectivity index (χ1v) is 4.30. The topological polar surface area (TPSA) is 25.2 Å². The largest absolute Gasteiger partial charge is 0.468 e. The van der Waals surface area contributed by atoms with Crippen molar-refractivity contribution in [1.29, 1.82) is 0 Å². The van der Waals surface area contributed by atoms with Crippen LogP contribution in [0.5, 0.6) is 0 Å². The molecule has 3 heteroatoms. The van der Waals surface area contributed by atoms with Crippen LogP contribution in [0.1, 0.15) is 18.7 Å². The van der Waals surface area contributed by atoms with E-state index in [1.807, 2.05) is 25.1 Å². The van der Waals surface area contributed by atoms with Crippen LogP contribution in [0.2, 0.25) is 0 Å². The SMILES string of the molecule is CC(NC/C=C/Cl)c1ccco1. The van der Waals surface area contributed by atoms with Gasteiger partial charge in [0.1, 0.15) is 5.76 Å². The van der Waals surface area contributed by atoms with Crippen molar-refractivity contribution in [2.24, 2.45) is 0 Å². The molecule has 0 fully saturated rings. The standard InChI is InChI=1S/C9H12ClNO/c1-8(11-6-3-5-10)9-4-2-7-12-9/h2-5,7-8,11H,6H2,1H3/b5-3+. The number of nitrogens with one attached hydrogen (secondary N) is 1. The maximum Gasteiger partial charge on any atom is 0.120 e. The van der Waals surface area contributed by atoms with E-state index in [0.29, 0.717) is 0 Å². The molecule has 0 saturated carbocycles. The summed E-state index contributed by atoms with van der Waals surface area (Å²) in [6, 6.07) is 4.06. The van der Waals surface area contributed by atoms with Crippen molar-refractivity contribution in [3.05, 3.63) is 35.8 Å². The molecule has 1 atom stereocenters. The van der Waals surface area contributed by atoms with Crippen LogP contribution in [0.15, 0.2) is 34.4 Å². The van der Waals surface area contributed by atoms with Crippen LogP contribution in [0, 0.1) is 0 Å². The number of rotatable bonds is 4. The zero-order chi connectivity index (χ0) is 8.81. The highest BCUT2D eigenvalue weighted by atomic mass is 35.5. The Morgan fingerprint density at radius 3 is 3.17 bits per heavy atom. The third kappa shape index (κ3) is 2.72. The van der Waals surface area contributed by atoms with E-state index in [1.54, 1.807) is 6.26 Å². The fraction of sp³-hybridized carbons (Fsp3) is 0.333. The Labute approximate surface area is 77.2 Å². The number of furan rings is 1. The number of halogens is 1. The molecule has 0 saturated heterocycles.